The minimum atomic E-state index is 0.737. The van der Waals surface area contributed by atoms with Crippen molar-refractivity contribution in [1.29, 1.82) is 0 Å². The maximum Gasteiger partial charge on any atom is 0.140 e. The van der Waals surface area contributed by atoms with Crippen LogP contribution in [0.1, 0.15) is 35.6 Å². The van der Waals surface area contributed by atoms with Gasteiger partial charge in [-0.25, -0.2) is 0 Å². The van der Waals surface area contributed by atoms with E-state index in [0.717, 1.165) is 47.6 Å². The number of nitrogens with one attached hydrogen (secondary N) is 1. The fraction of sp³-hybridized carbons (Fsp3) is 0.429. The third kappa shape index (κ3) is 3.04. The van der Waals surface area contributed by atoms with Crippen LogP contribution in [0.2, 0.25) is 0 Å². The molecule has 0 saturated carbocycles. The third-order valence-electron chi connectivity index (χ3n) is 3.41. The van der Waals surface area contributed by atoms with Crippen molar-refractivity contribution in [2.75, 3.05) is 0 Å². The van der Waals surface area contributed by atoms with Crippen LogP contribution < -0.4 is 5.32 Å². The van der Waals surface area contributed by atoms with E-state index in [1.165, 1.54) is 18.4 Å². The summed E-state index contributed by atoms with van der Waals surface area (Å²) in [5.74, 6) is 1.09. The minimum Gasteiger partial charge on any atom is -0.361 e. The van der Waals surface area contributed by atoms with Crippen molar-refractivity contribution in [3.05, 3.63) is 45.5 Å². The zero-order chi connectivity index (χ0) is 13.1. The topological polar surface area (TPSA) is 51.0 Å². The van der Waals surface area contributed by atoms with Gasteiger partial charge in [0.2, 0.25) is 0 Å². The average Bonchev–Trinajstić information content (AvgIpc) is 2.83. The lowest BCUT2D eigenvalue weighted by Crippen LogP contribution is -2.15. The number of aryl methyl sites for hydroxylation is 1. The van der Waals surface area contributed by atoms with Gasteiger partial charge in [-0.05, 0) is 31.4 Å². The van der Waals surface area contributed by atoms with Crippen LogP contribution in [0, 0.1) is 0 Å². The van der Waals surface area contributed by atoms with E-state index in [0.29, 0.717) is 0 Å². The molecule has 2 aromatic heterocycles. The molecule has 1 aliphatic carbocycles. The Labute approximate surface area is 120 Å². The number of nitrogens with zero attached hydrogens (tertiary/aromatic N) is 2. The van der Waals surface area contributed by atoms with Crippen molar-refractivity contribution in [3.63, 3.8) is 0 Å². The lowest BCUT2D eigenvalue weighted by Gasteiger charge is -2.09. The van der Waals surface area contributed by atoms with Crippen LogP contribution in [0.3, 0.4) is 0 Å². The summed E-state index contributed by atoms with van der Waals surface area (Å²) in [6.07, 6.45) is 6.41. The van der Waals surface area contributed by atoms with E-state index < -0.39 is 0 Å². The molecule has 0 bridgehead atoms. The van der Waals surface area contributed by atoms with Crippen LogP contribution in [0.15, 0.2) is 27.3 Å². The van der Waals surface area contributed by atoms with E-state index in [4.69, 9.17) is 4.52 Å². The first kappa shape index (κ1) is 12.8. The van der Waals surface area contributed by atoms with Crippen molar-refractivity contribution in [1.82, 2.24) is 15.5 Å². The monoisotopic (exact) mass is 321 g/mol. The summed E-state index contributed by atoms with van der Waals surface area (Å²) in [6.45, 7) is 1.48. The highest BCUT2D eigenvalue weighted by Crippen LogP contribution is 2.24. The fourth-order valence-corrected chi connectivity index (χ4v) is 2.82. The van der Waals surface area contributed by atoms with E-state index in [1.54, 1.807) is 6.20 Å². The van der Waals surface area contributed by atoms with Gasteiger partial charge >= 0.3 is 0 Å². The molecule has 0 aliphatic heterocycles. The summed E-state index contributed by atoms with van der Waals surface area (Å²) in [5, 5.41) is 7.55. The number of rotatable bonds is 4. The van der Waals surface area contributed by atoms with Crippen molar-refractivity contribution in [2.45, 2.75) is 38.8 Å². The van der Waals surface area contributed by atoms with Crippen molar-refractivity contribution in [3.8, 4) is 0 Å². The molecule has 3 rings (SSSR count). The number of hydrogen-bond donors (Lipinski definition) is 1. The number of hydrogen-bond acceptors (Lipinski definition) is 4. The second-order valence-electron chi connectivity index (χ2n) is 4.81. The first-order chi connectivity index (χ1) is 9.33. The normalized spacial score (nSPS) is 14.4. The van der Waals surface area contributed by atoms with Crippen LogP contribution in [0.5, 0.6) is 0 Å². The Morgan fingerprint density at radius 3 is 3.05 bits per heavy atom. The summed E-state index contributed by atoms with van der Waals surface area (Å²) in [5.41, 5.74) is 3.40. The smallest absolute Gasteiger partial charge is 0.140 e. The van der Waals surface area contributed by atoms with Gasteiger partial charge in [-0.2, -0.15) is 0 Å². The molecule has 100 valence electrons. The zero-order valence-corrected chi connectivity index (χ0v) is 12.2. The highest BCUT2D eigenvalue weighted by atomic mass is 79.9. The molecule has 5 heteroatoms. The van der Waals surface area contributed by atoms with Gasteiger partial charge in [-0.15, -0.1) is 0 Å². The van der Waals surface area contributed by atoms with Crippen LogP contribution >= 0.6 is 15.9 Å². The molecule has 0 saturated heterocycles. The van der Waals surface area contributed by atoms with Gasteiger partial charge in [0.25, 0.3) is 0 Å². The highest BCUT2D eigenvalue weighted by Gasteiger charge is 2.18. The lowest BCUT2D eigenvalue weighted by atomic mass is 9.96. The average molecular weight is 322 g/mol. The van der Waals surface area contributed by atoms with Crippen LogP contribution in [0.4, 0.5) is 0 Å². The Hall–Kier alpha value is -1.20. The third-order valence-corrected chi connectivity index (χ3v) is 3.90. The molecule has 0 aromatic carbocycles. The maximum atomic E-state index is 5.40. The Bertz CT molecular complexity index is 568. The van der Waals surface area contributed by atoms with E-state index in [9.17, 15) is 0 Å². The van der Waals surface area contributed by atoms with Gasteiger partial charge in [0, 0.05) is 35.7 Å². The standard InChI is InChI=1S/C14H16BrN3O/c15-10-5-6-17-11(7-10)8-16-9-13-12-3-1-2-4-14(12)19-18-13/h5-7,16H,1-4,8-9H2. The molecule has 19 heavy (non-hydrogen) atoms. The van der Waals surface area contributed by atoms with Gasteiger partial charge in [0.05, 0.1) is 5.69 Å². The van der Waals surface area contributed by atoms with E-state index in [-0.39, 0.29) is 0 Å². The van der Waals surface area contributed by atoms with Gasteiger partial charge < -0.3 is 9.84 Å². The van der Waals surface area contributed by atoms with Crippen molar-refractivity contribution in [2.24, 2.45) is 0 Å². The second-order valence-corrected chi connectivity index (χ2v) is 5.72. The minimum absolute atomic E-state index is 0.737. The molecule has 4 nitrogen and oxygen atoms in total. The molecule has 0 radical (unpaired) electrons. The van der Waals surface area contributed by atoms with Crippen LogP contribution in [0.25, 0.3) is 0 Å². The van der Waals surface area contributed by atoms with Crippen molar-refractivity contribution < 1.29 is 4.52 Å². The quantitative estimate of drug-likeness (QED) is 0.940. The Balaban J connectivity index is 1.59. The lowest BCUT2D eigenvalue weighted by molar-refractivity contribution is 0.366. The van der Waals surface area contributed by atoms with Gasteiger partial charge in [0.15, 0.2) is 0 Å². The molecule has 2 aromatic rings. The number of halogens is 1. The van der Waals surface area contributed by atoms with Crippen LogP contribution in [-0.2, 0) is 25.9 Å². The molecule has 0 atom stereocenters. The summed E-state index contributed by atoms with van der Waals surface area (Å²) in [6, 6.07) is 3.95. The predicted molar refractivity (Wildman–Crippen MR) is 75.6 cm³/mol. The number of fused-ring (bicyclic) bond motifs is 1. The Morgan fingerprint density at radius 1 is 1.26 bits per heavy atom. The molecule has 0 amide bonds. The van der Waals surface area contributed by atoms with Crippen molar-refractivity contribution >= 4 is 15.9 Å². The van der Waals surface area contributed by atoms with E-state index >= 15 is 0 Å². The molecule has 0 fully saturated rings. The molecule has 2 heterocycles. The molecular weight excluding hydrogens is 306 g/mol. The largest absolute Gasteiger partial charge is 0.361 e. The SMILES string of the molecule is Brc1ccnc(CNCc2noc3c2CCCC3)c1. The van der Waals surface area contributed by atoms with Gasteiger partial charge in [-0.1, -0.05) is 21.1 Å². The van der Waals surface area contributed by atoms with E-state index in [1.807, 2.05) is 12.1 Å². The number of pyridine rings is 1. The van der Waals surface area contributed by atoms with Gasteiger partial charge in [-0.3, -0.25) is 4.98 Å². The highest BCUT2D eigenvalue weighted by molar-refractivity contribution is 9.10. The molecular formula is C14H16BrN3O. The summed E-state index contributed by atoms with van der Waals surface area (Å²) in [4.78, 5) is 4.31. The maximum absolute atomic E-state index is 5.40. The Kier molecular flexibility index (Phi) is 3.94. The first-order valence-corrected chi connectivity index (χ1v) is 7.39. The molecule has 1 N–H and O–H groups in total. The van der Waals surface area contributed by atoms with E-state index in [2.05, 4.69) is 31.4 Å². The molecule has 0 unspecified atom stereocenters. The molecule has 1 aliphatic rings. The summed E-state index contributed by atoms with van der Waals surface area (Å²) >= 11 is 3.45. The zero-order valence-electron chi connectivity index (χ0n) is 10.7. The number of aromatic nitrogens is 2. The molecule has 0 spiro atoms. The van der Waals surface area contributed by atoms with Gasteiger partial charge in [0.1, 0.15) is 11.5 Å². The Morgan fingerprint density at radius 2 is 2.16 bits per heavy atom. The fourth-order valence-electron chi connectivity index (χ4n) is 2.44. The second kappa shape index (κ2) is 5.84. The first-order valence-electron chi connectivity index (χ1n) is 6.60. The summed E-state index contributed by atoms with van der Waals surface area (Å²) < 4.78 is 6.45. The predicted octanol–water partition coefficient (Wildman–Crippen LogP) is 3.00. The van der Waals surface area contributed by atoms with Crippen LogP contribution in [-0.4, -0.2) is 10.1 Å². The summed E-state index contributed by atoms with van der Waals surface area (Å²) in [7, 11) is 0.